The minimum Gasteiger partial charge on any atom is -0.392 e. The highest BCUT2D eigenvalue weighted by atomic mass is 19.4. The third kappa shape index (κ3) is 4.35. The van der Waals surface area contributed by atoms with E-state index in [1.54, 1.807) is 6.07 Å². The molecule has 1 aromatic rings. The molecule has 0 aromatic heterocycles. The number of nitrogens with zero attached hydrogens (tertiary/aromatic N) is 2. The molecule has 3 nitrogen and oxygen atoms in total. The molecule has 1 aliphatic rings. The van der Waals surface area contributed by atoms with E-state index in [0.29, 0.717) is 31.7 Å². The Kier molecular flexibility index (Phi) is 5.11. The number of benzene rings is 1. The Labute approximate surface area is 123 Å². The zero-order valence-electron chi connectivity index (χ0n) is 12.1. The van der Waals surface area contributed by atoms with Crippen LogP contribution in [0.5, 0.6) is 0 Å². The van der Waals surface area contributed by atoms with E-state index in [0.717, 1.165) is 19.2 Å². The van der Waals surface area contributed by atoms with Crippen molar-refractivity contribution in [3.05, 3.63) is 29.8 Å². The van der Waals surface area contributed by atoms with Gasteiger partial charge >= 0.3 is 6.18 Å². The molecule has 1 aliphatic heterocycles. The number of hydrogen-bond donors (Lipinski definition) is 1. The molecule has 1 fully saturated rings. The lowest BCUT2D eigenvalue weighted by atomic mass is 10.1. The summed E-state index contributed by atoms with van der Waals surface area (Å²) in [6.07, 6.45) is -3.92. The van der Waals surface area contributed by atoms with Crippen molar-refractivity contribution in [1.29, 1.82) is 0 Å². The number of rotatable bonds is 4. The van der Waals surface area contributed by atoms with Crippen molar-refractivity contribution in [2.45, 2.75) is 25.6 Å². The van der Waals surface area contributed by atoms with Gasteiger partial charge in [0.05, 0.1) is 11.7 Å². The summed E-state index contributed by atoms with van der Waals surface area (Å²) in [5.41, 5.74) is 0.00403. The smallest absolute Gasteiger partial charge is 0.392 e. The minimum absolute atomic E-state index is 0.329. The van der Waals surface area contributed by atoms with Crippen LogP contribution < -0.4 is 4.90 Å². The molecule has 0 bridgehead atoms. The van der Waals surface area contributed by atoms with Crippen LogP contribution in [0.15, 0.2) is 24.3 Å². The lowest BCUT2D eigenvalue weighted by Crippen LogP contribution is -2.48. The molecule has 0 radical (unpaired) electrons. The first-order valence-corrected chi connectivity index (χ1v) is 7.22. The number of piperazine rings is 1. The Hall–Kier alpha value is -1.27. The molecule has 1 aromatic carbocycles. The minimum atomic E-state index is -4.30. The van der Waals surface area contributed by atoms with E-state index in [2.05, 4.69) is 4.90 Å². The summed E-state index contributed by atoms with van der Waals surface area (Å²) in [7, 11) is 0. The Balaban J connectivity index is 1.96. The van der Waals surface area contributed by atoms with Crippen molar-refractivity contribution in [1.82, 2.24) is 4.90 Å². The molecule has 118 valence electrons. The highest BCUT2D eigenvalue weighted by Crippen LogP contribution is 2.31. The van der Waals surface area contributed by atoms with Gasteiger partial charge in [0.25, 0.3) is 0 Å². The number of alkyl halides is 3. The predicted molar refractivity (Wildman–Crippen MR) is 76.4 cm³/mol. The molecule has 0 amide bonds. The van der Waals surface area contributed by atoms with E-state index in [9.17, 15) is 18.3 Å². The fraction of sp³-hybridized carbons (Fsp3) is 0.600. The van der Waals surface area contributed by atoms with Crippen LogP contribution in [0, 0.1) is 0 Å². The molecule has 0 aliphatic carbocycles. The summed E-state index contributed by atoms with van der Waals surface area (Å²) in [5.74, 6) is 0. The monoisotopic (exact) mass is 302 g/mol. The van der Waals surface area contributed by atoms with E-state index in [1.807, 2.05) is 11.8 Å². The van der Waals surface area contributed by atoms with Crippen LogP contribution in [0.4, 0.5) is 18.9 Å². The van der Waals surface area contributed by atoms with Crippen LogP contribution >= 0.6 is 0 Å². The predicted octanol–water partition coefficient (Wildman–Crippen LogP) is 2.60. The molecule has 1 atom stereocenters. The zero-order chi connectivity index (χ0) is 15.5. The largest absolute Gasteiger partial charge is 0.416 e. The van der Waals surface area contributed by atoms with Gasteiger partial charge in [-0.25, -0.2) is 0 Å². The maximum atomic E-state index is 12.7. The summed E-state index contributed by atoms with van der Waals surface area (Å²) in [4.78, 5) is 4.11. The second-order valence-electron chi connectivity index (χ2n) is 5.40. The van der Waals surface area contributed by atoms with E-state index in [1.165, 1.54) is 12.1 Å². The van der Waals surface area contributed by atoms with Gasteiger partial charge in [0, 0.05) is 38.4 Å². The van der Waals surface area contributed by atoms with Crippen molar-refractivity contribution in [2.24, 2.45) is 0 Å². The SMILES string of the molecule is CCC(O)CN1CCN(c2cccc(C(F)(F)F)c2)CC1. The number of anilines is 1. The number of β-amino-alcohol motifs (C(OH)–C–C–N with tert-alkyl or cyclic N) is 1. The van der Waals surface area contributed by atoms with Gasteiger partial charge in [-0.15, -0.1) is 0 Å². The number of halogens is 3. The summed E-state index contributed by atoms with van der Waals surface area (Å²) in [6.45, 7) is 5.44. The topological polar surface area (TPSA) is 26.7 Å². The van der Waals surface area contributed by atoms with Gasteiger partial charge in [0.1, 0.15) is 0 Å². The molecular formula is C15H21F3N2O. The first-order chi connectivity index (χ1) is 9.90. The van der Waals surface area contributed by atoms with Crippen molar-refractivity contribution in [3.63, 3.8) is 0 Å². The fourth-order valence-corrected chi connectivity index (χ4v) is 2.49. The highest BCUT2D eigenvalue weighted by Gasteiger charge is 2.31. The van der Waals surface area contributed by atoms with E-state index < -0.39 is 11.7 Å². The van der Waals surface area contributed by atoms with Gasteiger partial charge in [-0.1, -0.05) is 13.0 Å². The second-order valence-corrected chi connectivity index (χ2v) is 5.40. The standard InChI is InChI=1S/C15H21F3N2O/c1-2-14(21)11-19-6-8-20(9-7-19)13-5-3-4-12(10-13)15(16,17)18/h3-5,10,14,21H,2,6-9,11H2,1H3. The molecule has 1 N–H and O–H groups in total. The second kappa shape index (κ2) is 6.66. The number of hydrogen-bond acceptors (Lipinski definition) is 3. The van der Waals surface area contributed by atoms with Gasteiger partial charge in [0.2, 0.25) is 0 Å². The Morgan fingerprint density at radius 2 is 1.86 bits per heavy atom. The summed E-state index contributed by atoms with van der Waals surface area (Å²) >= 11 is 0. The molecule has 1 heterocycles. The maximum Gasteiger partial charge on any atom is 0.416 e. The molecule has 1 saturated heterocycles. The van der Waals surface area contributed by atoms with Crippen molar-refractivity contribution in [3.8, 4) is 0 Å². The quantitative estimate of drug-likeness (QED) is 0.926. The van der Waals surface area contributed by atoms with Crippen LogP contribution in [0.2, 0.25) is 0 Å². The Bertz CT molecular complexity index is 456. The average molecular weight is 302 g/mol. The zero-order valence-corrected chi connectivity index (χ0v) is 12.1. The molecular weight excluding hydrogens is 281 g/mol. The Morgan fingerprint density at radius 3 is 2.43 bits per heavy atom. The van der Waals surface area contributed by atoms with E-state index in [-0.39, 0.29) is 6.10 Å². The molecule has 6 heteroatoms. The van der Waals surface area contributed by atoms with Gasteiger partial charge in [-0.3, -0.25) is 4.90 Å². The lowest BCUT2D eigenvalue weighted by Gasteiger charge is -2.37. The third-order valence-electron chi connectivity index (χ3n) is 3.85. The number of aliphatic hydroxyl groups is 1. The Morgan fingerprint density at radius 1 is 1.19 bits per heavy atom. The molecule has 1 unspecified atom stereocenters. The van der Waals surface area contributed by atoms with Crippen LogP contribution in [0.25, 0.3) is 0 Å². The third-order valence-corrected chi connectivity index (χ3v) is 3.85. The van der Waals surface area contributed by atoms with Crippen molar-refractivity contribution >= 4 is 5.69 Å². The van der Waals surface area contributed by atoms with Gasteiger partial charge in [-0.2, -0.15) is 13.2 Å². The molecule has 21 heavy (non-hydrogen) atoms. The average Bonchev–Trinajstić information content (AvgIpc) is 2.47. The number of aliphatic hydroxyl groups excluding tert-OH is 1. The van der Waals surface area contributed by atoms with Crippen LogP contribution in [-0.2, 0) is 6.18 Å². The molecule has 2 rings (SSSR count). The van der Waals surface area contributed by atoms with Crippen LogP contribution in [0.3, 0.4) is 0 Å². The molecule has 0 spiro atoms. The first-order valence-electron chi connectivity index (χ1n) is 7.22. The van der Waals surface area contributed by atoms with Gasteiger partial charge in [0.15, 0.2) is 0 Å². The van der Waals surface area contributed by atoms with Crippen molar-refractivity contribution < 1.29 is 18.3 Å². The van der Waals surface area contributed by atoms with E-state index >= 15 is 0 Å². The summed E-state index contributed by atoms with van der Waals surface area (Å²) in [6, 6.07) is 5.46. The lowest BCUT2D eigenvalue weighted by molar-refractivity contribution is -0.137. The maximum absolute atomic E-state index is 12.7. The molecule has 0 saturated carbocycles. The normalized spacial score (nSPS) is 18.8. The fourth-order valence-electron chi connectivity index (χ4n) is 2.49. The highest BCUT2D eigenvalue weighted by molar-refractivity contribution is 5.49. The summed E-state index contributed by atoms with van der Waals surface area (Å²) < 4.78 is 38.2. The van der Waals surface area contributed by atoms with Crippen molar-refractivity contribution in [2.75, 3.05) is 37.6 Å². The summed E-state index contributed by atoms with van der Waals surface area (Å²) in [5, 5.41) is 9.64. The van der Waals surface area contributed by atoms with Crippen LogP contribution in [0.1, 0.15) is 18.9 Å². The van der Waals surface area contributed by atoms with Gasteiger partial charge in [-0.05, 0) is 24.6 Å². The van der Waals surface area contributed by atoms with Gasteiger partial charge < -0.3 is 10.0 Å². The first kappa shape index (κ1) is 16.1. The van der Waals surface area contributed by atoms with E-state index in [4.69, 9.17) is 0 Å². The van der Waals surface area contributed by atoms with Crippen LogP contribution in [-0.4, -0.2) is 48.8 Å².